The summed E-state index contributed by atoms with van der Waals surface area (Å²) < 4.78 is 6.40. The molecule has 0 saturated heterocycles. The molecule has 0 saturated carbocycles. The maximum absolute atomic E-state index is 12.1. The van der Waals surface area contributed by atoms with E-state index in [-0.39, 0.29) is 12.5 Å². The van der Waals surface area contributed by atoms with Crippen LogP contribution >= 0.6 is 15.9 Å². The molecular weight excluding hydrogens is 346 g/mol. The van der Waals surface area contributed by atoms with Crippen molar-refractivity contribution in [1.29, 1.82) is 0 Å². The first kappa shape index (κ1) is 16.2. The van der Waals surface area contributed by atoms with Crippen LogP contribution in [0.3, 0.4) is 0 Å². The first-order valence-corrected chi connectivity index (χ1v) is 7.55. The molecule has 0 aliphatic heterocycles. The highest BCUT2D eigenvalue weighted by Crippen LogP contribution is 2.18. The summed E-state index contributed by atoms with van der Waals surface area (Å²) in [5.74, 6) is 0.261. The van der Waals surface area contributed by atoms with Crippen molar-refractivity contribution in [3.63, 3.8) is 0 Å². The van der Waals surface area contributed by atoms with Gasteiger partial charge in [-0.2, -0.15) is 0 Å². The molecule has 0 N–H and O–H groups in total. The number of benzene rings is 2. The Morgan fingerprint density at radius 1 is 1.18 bits per heavy atom. The van der Waals surface area contributed by atoms with E-state index in [0.29, 0.717) is 24.1 Å². The second kappa shape index (κ2) is 7.75. The molecule has 0 aromatic heterocycles. The lowest BCUT2D eigenvalue weighted by atomic mass is 10.2. The predicted molar refractivity (Wildman–Crippen MR) is 87.9 cm³/mol. The number of ether oxygens (including phenoxy) is 1. The topological polar surface area (TPSA) is 46.6 Å². The maximum Gasteiger partial charge on any atom is 0.260 e. The summed E-state index contributed by atoms with van der Waals surface area (Å²) in [6.07, 6.45) is 0.713. The summed E-state index contributed by atoms with van der Waals surface area (Å²) >= 11 is 3.46. The fraction of sp³-hybridized carbons (Fsp3) is 0.176. The Hall–Kier alpha value is -2.14. The Labute approximate surface area is 137 Å². The lowest BCUT2D eigenvalue weighted by Crippen LogP contribution is -2.31. The van der Waals surface area contributed by atoms with Crippen molar-refractivity contribution >= 4 is 28.1 Å². The number of amides is 1. The third kappa shape index (κ3) is 4.18. The summed E-state index contributed by atoms with van der Waals surface area (Å²) in [6.45, 7) is 0.380. The Bertz CT molecular complexity index is 672. The van der Waals surface area contributed by atoms with Gasteiger partial charge in [-0.3, -0.25) is 9.59 Å². The highest BCUT2D eigenvalue weighted by molar-refractivity contribution is 9.10. The first-order valence-electron chi connectivity index (χ1n) is 6.76. The highest BCUT2D eigenvalue weighted by atomic mass is 79.9. The number of rotatable bonds is 6. The third-order valence-corrected chi connectivity index (χ3v) is 3.96. The predicted octanol–water partition coefficient (Wildman–Crippen LogP) is 3.30. The van der Waals surface area contributed by atoms with E-state index < -0.39 is 0 Å². The third-order valence-electron chi connectivity index (χ3n) is 3.19. The van der Waals surface area contributed by atoms with Crippen LogP contribution in [0.1, 0.15) is 15.9 Å². The Morgan fingerprint density at radius 2 is 1.86 bits per heavy atom. The van der Waals surface area contributed by atoms with Crippen molar-refractivity contribution in [1.82, 2.24) is 4.90 Å². The lowest BCUT2D eigenvalue weighted by Gasteiger charge is -2.18. The zero-order chi connectivity index (χ0) is 15.9. The van der Waals surface area contributed by atoms with Crippen LogP contribution in [-0.4, -0.2) is 30.7 Å². The molecule has 5 heteroatoms. The molecule has 0 unspecified atom stereocenters. The zero-order valence-electron chi connectivity index (χ0n) is 12.2. The van der Waals surface area contributed by atoms with Gasteiger partial charge in [0.2, 0.25) is 0 Å². The molecule has 114 valence electrons. The van der Waals surface area contributed by atoms with E-state index in [1.807, 2.05) is 24.3 Å². The van der Waals surface area contributed by atoms with Crippen LogP contribution < -0.4 is 4.74 Å². The Balaban J connectivity index is 1.94. The minimum atomic E-state index is -0.156. The molecule has 2 aromatic rings. The van der Waals surface area contributed by atoms with E-state index in [2.05, 4.69) is 15.9 Å². The number of carbonyl (C=O) groups excluding carboxylic acids is 2. The summed E-state index contributed by atoms with van der Waals surface area (Å²) in [7, 11) is 1.72. The van der Waals surface area contributed by atoms with Crippen LogP contribution in [0.2, 0.25) is 0 Å². The molecule has 2 rings (SSSR count). The summed E-state index contributed by atoms with van der Waals surface area (Å²) in [5, 5.41) is 0. The highest BCUT2D eigenvalue weighted by Gasteiger charge is 2.12. The SMILES string of the molecule is CN(Cc1ccccc1Br)C(=O)COc1ccccc1C=O. The Kier molecular flexibility index (Phi) is 5.72. The Morgan fingerprint density at radius 3 is 2.59 bits per heavy atom. The van der Waals surface area contributed by atoms with Crippen LogP contribution in [0.25, 0.3) is 0 Å². The van der Waals surface area contributed by atoms with Gasteiger partial charge < -0.3 is 9.64 Å². The van der Waals surface area contributed by atoms with Gasteiger partial charge in [-0.25, -0.2) is 0 Å². The zero-order valence-corrected chi connectivity index (χ0v) is 13.7. The number of hydrogen-bond acceptors (Lipinski definition) is 3. The van der Waals surface area contributed by atoms with Gasteiger partial charge in [-0.15, -0.1) is 0 Å². The summed E-state index contributed by atoms with van der Waals surface area (Å²) in [5.41, 5.74) is 1.45. The van der Waals surface area contributed by atoms with E-state index in [0.717, 1.165) is 10.0 Å². The normalized spacial score (nSPS) is 10.1. The minimum Gasteiger partial charge on any atom is -0.483 e. The molecule has 0 radical (unpaired) electrons. The van der Waals surface area contributed by atoms with Gasteiger partial charge in [0, 0.05) is 18.1 Å². The monoisotopic (exact) mass is 361 g/mol. The number of halogens is 1. The number of likely N-dealkylation sites (N-methyl/N-ethyl adjacent to an activating group) is 1. The standard InChI is InChI=1S/C17H16BrNO3/c1-19(10-13-6-2-4-8-15(13)18)17(21)12-22-16-9-5-3-7-14(16)11-20/h2-9,11H,10,12H2,1H3. The molecule has 22 heavy (non-hydrogen) atoms. The van der Waals surface area contributed by atoms with Crippen molar-refractivity contribution in [2.24, 2.45) is 0 Å². The van der Waals surface area contributed by atoms with Gasteiger partial charge in [-0.1, -0.05) is 46.3 Å². The molecule has 1 amide bonds. The summed E-state index contributed by atoms with van der Waals surface area (Å²) in [6, 6.07) is 14.6. The molecular formula is C17H16BrNO3. The second-order valence-electron chi connectivity index (χ2n) is 4.79. The molecule has 4 nitrogen and oxygen atoms in total. The van der Waals surface area contributed by atoms with E-state index in [1.54, 1.807) is 36.2 Å². The van der Waals surface area contributed by atoms with Gasteiger partial charge in [0.15, 0.2) is 12.9 Å². The number of para-hydroxylation sites is 1. The van der Waals surface area contributed by atoms with Gasteiger partial charge in [-0.05, 0) is 23.8 Å². The van der Waals surface area contributed by atoms with Crippen molar-refractivity contribution in [2.45, 2.75) is 6.54 Å². The molecule has 0 bridgehead atoms. The van der Waals surface area contributed by atoms with Crippen LogP contribution in [0.15, 0.2) is 53.0 Å². The largest absolute Gasteiger partial charge is 0.483 e. The van der Waals surface area contributed by atoms with Crippen molar-refractivity contribution in [2.75, 3.05) is 13.7 Å². The first-order chi connectivity index (χ1) is 10.6. The fourth-order valence-corrected chi connectivity index (χ4v) is 2.34. The van der Waals surface area contributed by atoms with Crippen LogP contribution in [0.5, 0.6) is 5.75 Å². The number of carbonyl (C=O) groups is 2. The molecule has 2 aromatic carbocycles. The molecule has 0 spiro atoms. The van der Waals surface area contributed by atoms with Gasteiger partial charge in [0.05, 0.1) is 5.56 Å². The summed E-state index contributed by atoms with van der Waals surface area (Å²) in [4.78, 5) is 24.6. The lowest BCUT2D eigenvalue weighted by molar-refractivity contribution is -0.132. The number of hydrogen-bond donors (Lipinski definition) is 0. The average Bonchev–Trinajstić information content (AvgIpc) is 2.54. The van der Waals surface area contributed by atoms with Gasteiger partial charge >= 0.3 is 0 Å². The molecule has 0 fully saturated rings. The van der Waals surface area contributed by atoms with Gasteiger partial charge in [0.25, 0.3) is 5.91 Å². The van der Waals surface area contributed by atoms with Crippen LogP contribution in [0, 0.1) is 0 Å². The molecule has 0 aliphatic rings. The van der Waals surface area contributed by atoms with Crippen molar-refractivity contribution < 1.29 is 14.3 Å². The van der Waals surface area contributed by atoms with E-state index in [9.17, 15) is 9.59 Å². The van der Waals surface area contributed by atoms with E-state index in [4.69, 9.17) is 4.74 Å². The molecule has 0 aliphatic carbocycles. The average molecular weight is 362 g/mol. The van der Waals surface area contributed by atoms with Crippen LogP contribution in [-0.2, 0) is 11.3 Å². The van der Waals surface area contributed by atoms with Crippen molar-refractivity contribution in [3.8, 4) is 5.75 Å². The van der Waals surface area contributed by atoms with Crippen LogP contribution in [0.4, 0.5) is 0 Å². The number of aldehydes is 1. The van der Waals surface area contributed by atoms with Gasteiger partial charge in [0.1, 0.15) is 5.75 Å². The van der Waals surface area contributed by atoms with Crippen molar-refractivity contribution in [3.05, 3.63) is 64.1 Å². The second-order valence-corrected chi connectivity index (χ2v) is 5.64. The smallest absolute Gasteiger partial charge is 0.260 e. The molecule has 0 atom stereocenters. The quantitative estimate of drug-likeness (QED) is 0.741. The van der Waals surface area contributed by atoms with E-state index in [1.165, 1.54) is 0 Å². The van der Waals surface area contributed by atoms with E-state index >= 15 is 0 Å². The number of nitrogens with zero attached hydrogens (tertiary/aromatic N) is 1. The fourth-order valence-electron chi connectivity index (χ4n) is 1.93. The maximum atomic E-state index is 12.1. The minimum absolute atomic E-state index is 0.105. The molecule has 0 heterocycles.